The zero-order chi connectivity index (χ0) is 10.0. The third-order valence-corrected chi connectivity index (χ3v) is 0.959. The van der Waals surface area contributed by atoms with E-state index < -0.39 is 7.06 Å². The topological polar surface area (TPSA) is 35.0 Å². The summed E-state index contributed by atoms with van der Waals surface area (Å²) in [5.74, 6) is 0. The molecular formula is C5H5BrN2O. The van der Waals surface area contributed by atoms with Crippen molar-refractivity contribution in [3.63, 3.8) is 0 Å². The summed E-state index contributed by atoms with van der Waals surface area (Å²) in [4.78, 5) is 7.00. The minimum absolute atomic E-state index is 0.159. The van der Waals surface area contributed by atoms with Crippen LogP contribution in [0.25, 0.3) is 0 Å². The first-order valence-corrected chi connectivity index (χ1v) is 2.82. The van der Waals surface area contributed by atoms with Crippen LogP contribution >= 0.6 is 15.9 Å². The lowest BCUT2D eigenvalue weighted by molar-refractivity contribution is 0.379. The van der Waals surface area contributed by atoms with E-state index >= 15 is 0 Å². The fraction of sp³-hybridized carbons (Fsp3) is 0.200. The third kappa shape index (κ3) is 1.64. The van der Waals surface area contributed by atoms with E-state index in [1.165, 1.54) is 0 Å². The quantitative estimate of drug-likeness (QED) is 0.673. The van der Waals surface area contributed by atoms with E-state index in [0.717, 1.165) is 0 Å². The Labute approximate surface area is 66.8 Å². The van der Waals surface area contributed by atoms with Gasteiger partial charge in [-0.05, 0) is 15.9 Å². The highest BCUT2D eigenvalue weighted by molar-refractivity contribution is 9.10. The Balaban J connectivity index is 2.99. The molecule has 9 heavy (non-hydrogen) atoms. The van der Waals surface area contributed by atoms with Crippen LogP contribution < -0.4 is 4.74 Å². The summed E-state index contributed by atoms with van der Waals surface area (Å²) in [5, 5.41) is 0. The molecule has 0 atom stereocenters. The SMILES string of the molecule is [2H]c1nc(OC([2H])[2H])nc([2H])c1Br. The molecule has 3 nitrogen and oxygen atoms in total. The molecule has 0 amide bonds. The Morgan fingerprint density at radius 3 is 3.00 bits per heavy atom. The molecule has 48 valence electrons. The first-order chi connectivity index (χ1) is 6.00. The highest BCUT2D eigenvalue weighted by Gasteiger charge is 1.90. The molecule has 0 fully saturated rings. The summed E-state index contributed by atoms with van der Waals surface area (Å²) in [6.07, 6.45) is -0.397. The lowest BCUT2D eigenvalue weighted by Crippen LogP contribution is -1.89. The van der Waals surface area contributed by atoms with Gasteiger partial charge in [0, 0.05) is 12.3 Å². The van der Waals surface area contributed by atoms with Crippen LogP contribution in [-0.4, -0.2) is 17.0 Å². The molecule has 0 radical (unpaired) electrons. The van der Waals surface area contributed by atoms with Crippen molar-refractivity contribution in [3.8, 4) is 6.01 Å². The molecule has 1 rings (SSSR count). The van der Waals surface area contributed by atoms with Gasteiger partial charge in [-0.3, -0.25) is 0 Å². The van der Waals surface area contributed by atoms with Crippen molar-refractivity contribution in [2.24, 2.45) is 0 Å². The normalized spacial score (nSPS) is 15.8. The van der Waals surface area contributed by atoms with Crippen molar-refractivity contribution in [3.05, 3.63) is 16.8 Å². The molecule has 0 saturated carbocycles. The molecule has 0 bridgehead atoms. The Bertz CT molecular complexity index is 298. The second-order valence-electron chi connectivity index (χ2n) is 1.16. The predicted octanol–water partition coefficient (Wildman–Crippen LogP) is 1.25. The fourth-order valence-corrected chi connectivity index (χ4v) is 0.474. The van der Waals surface area contributed by atoms with Crippen molar-refractivity contribution in [2.75, 3.05) is 7.06 Å². The minimum Gasteiger partial charge on any atom is -0.467 e. The van der Waals surface area contributed by atoms with Crippen LogP contribution in [0.2, 0.25) is 0 Å². The Morgan fingerprint density at radius 1 is 1.78 bits per heavy atom. The fourth-order valence-electron chi connectivity index (χ4n) is 0.297. The zero-order valence-corrected chi connectivity index (χ0v) is 5.84. The van der Waals surface area contributed by atoms with Crippen LogP contribution in [0.5, 0.6) is 6.01 Å². The van der Waals surface area contributed by atoms with E-state index in [1.807, 2.05) is 0 Å². The van der Waals surface area contributed by atoms with Gasteiger partial charge in [0.15, 0.2) is 0 Å². The van der Waals surface area contributed by atoms with Gasteiger partial charge in [0.2, 0.25) is 0 Å². The highest BCUT2D eigenvalue weighted by atomic mass is 79.9. The first kappa shape index (κ1) is 2.96. The number of hydrogen-bond acceptors (Lipinski definition) is 3. The van der Waals surface area contributed by atoms with Crippen molar-refractivity contribution in [2.45, 2.75) is 0 Å². The molecule has 0 saturated heterocycles. The summed E-state index contributed by atoms with van der Waals surface area (Å²) < 4.78 is 32.6. The van der Waals surface area contributed by atoms with Crippen molar-refractivity contribution >= 4 is 15.9 Å². The molecule has 4 heteroatoms. The summed E-state index contributed by atoms with van der Waals surface area (Å²) in [7, 11) is -1.56. The van der Waals surface area contributed by atoms with E-state index in [-0.39, 0.29) is 22.8 Å². The van der Waals surface area contributed by atoms with Crippen molar-refractivity contribution in [1.29, 1.82) is 0 Å². The number of halogens is 1. The zero-order valence-electron chi connectivity index (χ0n) is 8.26. The van der Waals surface area contributed by atoms with Crippen LogP contribution in [0, 0.1) is 0 Å². The summed E-state index contributed by atoms with van der Waals surface area (Å²) in [6, 6.07) is -0.298. The predicted molar refractivity (Wildman–Crippen MR) is 36.3 cm³/mol. The number of aromatic nitrogens is 2. The Kier molecular flexibility index (Phi) is 0.914. The summed E-state index contributed by atoms with van der Waals surface area (Å²) in [5.41, 5.74) is 0. The van der Waals surface area contributed by atoms with Gasteiger partial charge in [-0.25, -0.2) is 9.97 Å². The lowest BCUT2D eigenvalue weighted by atomic mass is 10.7. The average Bonchev–Trinajstić information content (AvgIpc) is 1.98. The van der Waals surface area contributed by atoms with Gasteiger partial charge >= 0.3 is 6.01 Å². The second kappa shape index (κ2) is 2.77. The maximum Gasteiger partial charge on any atom is 0.316 e. The molecule has 0 aliphatic rings. The Morgan fingerprint density at radius 2 is 2.44 bits per heavy atom. The molecule has 0 aromatic carbocycles. The van der Waals surface area contributed by atoms with Crippen molar-refractivity contribution < 1.29 is 10.2 Å². The standard InChI is InChI=1S/C5H5BrN2O/c1-9-5-7-2-4(6)3-8-5/h2-3H,1H3/i1D2,2D,3D. The molecule has 0 aliphatic carbocycles. The molecular weight excluding hydrogens is 184 g/mol. The number of nitrogens with zero attached hydrogens (tertiary/aromatic N) is 2. The van der Waals surface area contributed by atoms with Gasteiger partial charge < -0.3 is 4.74 Å². The smallest absolute Gasteiger partial charge is 0.316 e. The Hall–Kier alpha value is -0.640. The van der Waals surface area contributed by atoms with Crippen LogP contribution in [0.15, 0.2) is 16.8 Å². The third-order valence-electron chi connectivity index (χ3n) is 0.605. The maximum atomic E-state index is 7.23. The highest BCUT2D eigenvalue weighted by Crippen LogP contribution is 2.06. The molecule has 0 aliphatic heterocycles. The van der Waals surface area contributed by atoms with E-state index in [9.17, 15) is 0 Å². The van der Waals surface area contributed by atoms with Crippen LogP contribution in [0.1, 0.15) is 5.48 Å². The molecule has 1 aromatic heterocycles. The maximum absolute atomic E-state index is 7.23. The van der Waals surface area contributed by atoms with Crippen LogP contribution in [0.4, 0.5) is 0 Å². The monoisotopic (exact) mass is 192 g/mol. The average molecular weight is 193 g/mol. The summed E-state index contributed by atoms with van der Waals surface area (Å²) >= 11 is 2.93. The van der Waals surface area contributed by atoms with Gasteiger partial charge in [-0.2, -0.15) is 0 Å². The molecule has 1 aromatic rings. The first-order valence-electron chi connectivity index (χ1n) is 4.18. The van der Waals surface area contributed by atoms with Crippen LogP contribution in [-0.2, 0) is 0 Å². The van der Waals surface area contributed by atoms with Crippen molar-refractivity contribution in [1.82, 2.24) is 9.97 Å². The number of ether oxygens (including phenoxy) is 1. The number of rotatable bonds is 1. The van der Waals surface area contributed by atoms with Gasteiger partial charge in [0.25, 0.3) is 0 Å². The van der Waals surface area contributed by atoms with E-state index in [1.54, 1.807) is 0 Å². The van der Waals surface area contributed by atoms with Gasteiger partial charge in [-0.1, -0.05) is 0 Å². The van der Waals surface area contributed by atoms with Gasteiger partial charge in [0.1, 0.15) is 0 Å². The number of methoxy groups -OCH3 is 1. The lowest BCUT2D eigenvalue weighted by Gasteiger charge is -1.93. The largest absolute Gasteiger partial charge is 0.467 e. The molecule has 0 N–H and O–H groups in total. The molecule has 1 heterocycles. The number of hydrogen-bond donors (Lipinski definition) is 0. The van der Waals surface area contributed by atoms with Gasteiger partial charge in [-0.15, -0.1) is 0 Å². The van der Waals surface area contributed by atoms with Gasteiger partial charge in [0.05, 0.1) is 17.0 Å². The van der Waals surface area contributed by atoms with E-state index in [0.29, 0.717) is 0 Å². The molecule has 0 spiro atoms. The molecule has 0 unspecified atom stereocenters. The second-order valence-corrected chi connectivity index (χ2v) is 1.95. The summed E-state index contributed by atoms with van der Waals surface area (Å²) in [6.45, 7) is 0. The van der Waals surface area contributed by atoms with E-state index in [4.69, 9.17) is 5.48 Å². The van der Waals surface area contributed by atoms with E-state index in [2.05, 4.69) is 30.6 Å². The minimum atomic E-state index is -1.56. The van der Waals surface area contributed by atoms with Crippen LogP contribution in [0.3, 0.4) is 0 Å².